The Kier molecular flexibility index (Phi) is 6.28. The van der Waals surface area contributed by atoms with Crippen molar-refractivity contribution in [2.45, 2.75) is 25.0 Å². The van der Waals surface area contributed by atoms with Crippen molar-refractivity contribution < 1.29 is 18.7 Å². The number of hydrogen-bond donors (Lipinski definition) is 3. The van der Waals surface area contributed by atoms with E-state index in [0.717, 1.165) is 38.3 Å². The van der Waals surface area contributed by atoms with E-state index in [2.05, 4.69) is 37.8 Å². The summed E-state index contributed by atoms with van der Waals surface area (Å²) >= 11 is 5.95. The van der Waals surface area contributed by atoms with Crippen LogP contribution in [0.3, 0.4) is 0 Å². The van der Waals surface area contributed by atoms with Crippen LogP contribution in [0.15, 0.2) is 12.1 Å². The second kappa shape index (κ2) is 8.49. The number of nitrogens with one attached hydrogen (secondary N) is 3. The van der Waals surface area contributed by atoms with Crippen LogP contribution in [0.25, 0.3) is 0 Å². The van der Waals surface area contributed by atoms with Crippen molar-refractivity contribution >= 4 is 29.2 Å². The molecule has 1 amide bonds. The fourth-order valence-electron chi connectivity index (χ4n) is 3.34. The highest BCUT2D eigenvalue weighted by Crippen LogP contribution is 2.27. The molecule has 3 N–H and O–H groups in total. The first-order valence-electron chi connectivity index (χ1n) is 8.71. The number of benzene rings is 1. The summed E-state index contributed by atoms with van der Waals surface area (Å²) in [6.07, 6.45) is 1.53. The molecule has 2 heterocycles. The lowest BCUT2D eigenvalue weighted by atomic mass is 10.1. The summed E-state index contributed by atoms with van der Waals surface area (Å²) < 4.78 is 18.4. The van der Waals surface area contributed by atoms with Gasteiger partial charge >= 0.3 is 5.97 Å². The lowest BCUT2D eigenvalue weighted by molar-refractivity contribution is -0.119. The van der Waals surface area contributed by atoms with Gasteiger partial charge in [0, 0.05) is 13.1 Å². The summed E-state index contributed by atoms with van der Waals surface area (Å²) in [5.74, 6) is -1.79. The zero-order valence-corrected chi connectivity index (χ0v) is 16.0. The Morgan fingerprint density at radius 1 is 1.30 bits per heavy atom. The Bertz CT molecular complexity index is 727. The van der Waals surface area contributed by atoms with E-state index in [1.165, 1.54) is 7.11 Å². The van der Waals surface area contributed by atoms with Gasteiger partial charge in [-0.1, -0.05) is 11.6 Å². The molecule has 2 saturated heterocycles. The second-order valence-electron chi connectivity index (χ2n) is 6.76. The highest BCUT2D eigenvalue weighted by Gasteiger charge is 2.32. The van der Waals surface area contributed by atoms with E-state index in [4.69, 9.17) is 11.6 Å². The number of anilines is 1. The third kappa shape index (κ3) is 4.56. The predicted octanol–water partition coefficient (Wildman–Crippen LogP) is 0.992. The van der Waals surface area contributed by atoms with E-state index in [9.17, 15) is 14.0 Å². The summed E-state index contributed by atoms with van der Waals surface area (Å²) in [7, 11) is 3.26. The number of hydrazine groups is 1. The molecule has 2 aliphatic rings. The van der Waals surface area contributed by atoms with Gasteiger partial charge in [0.1, 0.15) is 17.4 Å². The van der Waals surface area contributed by atoms with E-state index in [1.807, 2.05) is 0 Å². The number of rotatable bonds is 4. The highest BCUT2D eigenvalue weighted by atomic mass is 35.5. The molecule has 2 unspecified atom stereocenters. The third-order valence-electron chi connectivity index (χ3n) is 4.80. The van der Waals surface area contributed by atoms with Crippen LogP contribution in [0.4, 0.5) is 10.1 Å². The Labute approximate surface area is 161 Å². The minimum Gasteiger partial charge on any atom is -0.465 e. The number of methoxy groups -OCH3 is 1. The topological polar surface area (TPSA) is 85.9 Å². The zero-order valence-electron chi connectivity index (χ0n) is 15.2. The molecule has 0 saturated carbocycles. The summed E-state index contributed by atoms with van der Waals surface area (Å²) in [6.45, 7) is 2.86. The molecule has 27 heavy (non-hydrogen) atoms. The van der Waals surface area contributed by atoms with Crippen LogP contribution in [0.5, 0.6) is 0 Å². The first-order valence-corrected chi connectivity index (χ1v) is 9.08. The molecule has 148 valence electrons. The summed E-state index contributed by atoms with van der Waals surface area (Å²) in [5, 5.41) is 2.46. The normalized spacial score (nSPS) is 24.0. The van der Waals surface area contributed by atoms with Crippen molar-refractivity contribution in [2.24, 2.45) is 0 Å². The van der Waals surface area contributed by atoms with Gasteiger partial charge in [0.05, 0.1) is 30.7 Å². The lowest BCUT2D eigenvalue weighted by Gasteiger charge is -2.35. The summed E-state index contributed by atoms with van der Waals surface area (Å²) in [5.41, 5.74) is 6.09. The van der Waals surface area contributed by atoms with E-state index in [0.29, 0.717) is 6.42 Å². The largest absolute Gasteiger partial charge is 0.465 e. The van der Waals surface area contributed by atoms with Gasteiger partial charge in [-0.05, 0) is 32.0 Å². The van der Waals surface area contributed by atoms with Gasteiger partial charge in [0.25, 0.3) is 0 Å². The number of hydrogen-bond acceptors (Lipinski definition) is 7. The SMILES string of the molecule is COC(=O)c1c(Cl)cc(F)cc1NC(=O)C1CCC(N2CCN(C)C2)NN1. The minimum atomic E-state index is -0.747. The van der Waals surface area contributed by atoms with Crippen molar-refractivity contribution in [3.8, 4) is 0 Å². The van der Waals surface area contributed by atoms with Crippen molar-refractivity contribution in [1.29, 1.82) is 0 Å². The van der Waals surface area contributed by atoms with Gasteiger partial charge in [0.2, 0.25) is 5.91 Å². The van der Waals surface area contributed by atoms with E-state index >= 15 is 0 Å². The van der Waals surface area contributed by atoms with Crippen molar-refractivity contribution in [3.05, 3.63) is 28.5 Å². The van der Waals surface area contributed by atoms with Crippen LogP contribution in [0, 0.1) is 5.82 Å². The minimum absolute atomic E-state index is 0.0121. The zero-order chi connectivity index (χ0) is 19.6. The number of ether oxygens (including phenoxy) is 1. The molecular weight excluding hydrogens is 377 g/mol. The maximum absolute atomic E-state index is 13.7. The summed E-state index contributed by atoms with van der Waals surface area (Å²) in [6, 6.07) is 1.53. The number of likely N-dealkylation sites (N-methyl/N-ethyl adjacent to an activating group) is 1. The molecule has 0 aliphatic carbocycles. The molecule has 2 fully saturated rings. The molecule has 1 aromatic carbocycles. The predicted molar refractivity (Wildman–Crippen MR) is 98.7 cm³/mol. The van der Waals surface area contributed by atoms with Crippen molar-refractivity contribution in [1.82, 2.24) is 20.7 Å². The first kappa shape index (κ1) is 20.0. The molecule has 2 aliphatic heterocycles. The Balaban J connectivity index is 1.64. The quantitative estimate of drug-likeness (QED) is 0.651. The Morgan fingerprint density at radius 2 is 2.07 bits per heavy atom. The maximum atomic E-state index is 13.7. The standard InChI is InChI=1S/C17H23ClFN5O3/c1-23-5-6-24(9-23)14-4-3-12(21-22-14)16(25)20-13-8-10(19)7-11(18)15(13)17(26)27-2/h7-8,12,14,21-22H,3-6,9H2,1-2H3,(H,20,25). The van der Waals surface area contributed by atoms with Gasteiger partial charge < -0.3 is 10.1 Å². The van der Waals surface area contributed by atoms with Crippen molar-refractivity contribution in [2.75, 3.05) is 39.2 Å². The summed E-state index contributed by atoms with van der Waals surface area (Å²) in [4.78, 5) is 29.0. The number of carbonyl (C=O) groups excluding carboxylic acids is 2. The van der Waals surface area contributed by atoms with Crippen molar-refractivity contribution in [3.63, 3.8) is 0 Å². The monoisotopic (exact) mass is 399 g/mol. The molecule has 2 atom stereocenters. The second-order valence-corrected chi connectivity index (χ2v) is 7.17. The molecule has 0 radical (unpaired) electrons. The number of esters is 1. The van der Waals surface area contributed by atoms with Crippen LogP contribution in [0.2, 0.25) is 5.02 Å². The number of nitrogens with zero attached hydrogens (tertiary/aromatic N) is 2. The van der Waals surface area contributed by atoms with Crippen LogP contribution in [-0.4, -0.2) is 67.8 Å². The Morgan fingerprint density at radius 3 is 2.67 bits per heavy atom. The van der Waals surface area contributed by atoms with Crippen LogP contribution < -0.4 is 16.2 Å². The molecule has 0 bridgehead atoms. The molecule has 0 spiro atoms. The number of halogens is 2. The number of carbonyl (C=O) groups is 2. The van der Waals surface area contributed by atoms with E-state index in [-0.39, 0.29) is 28.3 Å². The molecule has 0 aromatic heterocycles. The van der Waals surface area contributed by atoms with Gasteiger partial charge in [-0.15, -0.1) is 0 Å². The average Bonchev–Trinajstić information content (AvgIpc) is 3.07. The fourth-order valence-corrected chi connectivity index (χ4v) is 3.63. The van der Waals surface area contributed by atoms with E-state index < -0.39 is 17.8 Å². The van der Waals surface area contributed by atoms with E-state index in [1.54, 1.807) is 0 Å². The van der Waals surface area contributed by atoms with Crippen LogP contribution in [0.1, 0.15) is 23.2 Å². The molecule has 1 aromatic rings. The third-order valence-corrected chi connectivity index (χ3v) is 5.10. The molecule has 10 heteroatoms. The van der Waals surface area contributed by atoms with Gasteiger partial charge in [-0.2, -0.15) is 0 Å². The van der Waals surface area contributed by atoms with Gasteiger partial charge in [-0.3, -0.25) is 14.6 Å². The average molecular weight is 400 g/mol. The van der Waals surface area contributed by atoms with Gasteiger partial charge in [-0.25, -0.2) is 20.0 Å². The van der Waals surface area contributed by atoms with Crippen LogP contribution >= 0.6 is 11.6 Å². The lowest BCUT2D eigenvalue weighted by Crippen LogP contribution is -2.60. The smallest absolute Gasteiger partial charge is 0.341 e. The molecule has 3 rings (SSSR count). The molecular formula is C17H23ClFN5O3. The molecule has 8 nitrogen and oxygen atoms in total. The first-order chi connectivity index (χ1) is 12.9. The van der Waals surface area contributed by atoms with Crippen LogP contribution in [-0.2, 0) is 9.53 Å². The van der Waals surface area contributed by atoms with Gasteiger partial charge in [0.15, 0.2) is 0 Å². The maximum Gasteiger partial charge on any atom is 0.341 e. The highest BCUT2D eigenvalue weighted by molar-refractivity contribution is 6.34. The number of amides is 1. The Hall–Kier alpha value is -1.78. The fraction of sp³-hybridized carbons (Fsp3) is 0.529.